The maximum atomic E-state index is 13.1. The van der Waals surface area contributed by atoms with Crippen molar-refractivity contribution >= 4 is 17.9 Å². The summed E-state index contributed by atoms with van der Waals surface area (Å²) < 4.78 is 5.41. The van der Waals surface area contributed by atoms with E-state index in [0.29, 0.717) is 55.1 Å². The van der Waals surface area contributed by atoms with Crippen molar-refractivity contribution in [3.8, 4) is 12.3 Å². The molecule has 0 spiro atoms. The number of likely N-dealkylation sites (tertiary alicyclic amines) is 1. The second-order valence-corrected chi connectivity index (χ2v) is 9.21. The van der Waals surface area contributed by atoms with E-state index >= 15 is 0 Å². The Kier molecular flexibility index (Phi) is 16.0. The Hall–Kier alpha value is -4.19. The van der Waals surface area contributed by atoms with Crippen molar-refractivity contribution in [3.63, 3.8) is 0 Å². The number of hydrogen-bond donors (Lipinski definition) is 4. The Morgan fingerprint density at radius 1 is 1.27 bits per heavy atom. The van der Waals surface area contributed by atoms with Crippen LogP contribution in [0.2, 0.25) is 0 Å². The summed E-state index contributed by atoms with van der Waals surface area (Å²) in [6, 6.07) is -0.253. The van der Waals surface area contributed by atoms with Crippen molar-refractivity contribution in [2.75, 3.05) is 26.7 Å². The van der Waals surface area contributed by atoms with Gasteiger partial charge in [-0.3, -0.25) is 4.79 Å². The van der Waals surface area contributed by atoms with Gasteiger partial charge in [0, 0.05) is 36.9 Å². The Morgan fingerprint density at radius 2 is 2.02 bits per heavy atom. The third kappa shape index (κ3) is 12.1. The molecule has 9 heteroatoms. The zero-order chi connectivity index (χ0) is 29.9. The first kappa shape index (κ1) is 33.8. The molecule has 0 aromatic rings. The molecule has 0 bridgehead atoms. The Balaban J connectivity index is 0.00000120. The number of methoxy groups -OCH3 is 1. The summed E-state index contributed by atoms with van der Waals surface area (Å²) in [7, 11) is 1.51. The van der Waals surface area contributed by atoms with E-state index in [-0.39, 0.29) is 24.4 Å². The molecule has 218 valence electrons. The minimum absolute atomic E-state index is 0.00549. The highest BCUT2D eigenvalue weighted by atomic mass is 16.5. The Bertz CT molecular complexity index is 1090. The van der Waals surface area contributed by atoms with Crippen molar-refractivity contribution < 1.29 is 24.2 Å². The highest BCUT2D eigenvalue weighted by Crippen LogP contribution is 2.22. The molecule has 2 aliphatic rings. The van der Waals surface area contributed by atoms with Crippen LogP contribution in [0.1, 0.15) is 59.3 Å². The second-order valence-electron chi connectivity index (χ2n) is 9.21. The summed E-state index contributed by atoms with van der Waals surface area (Å²) in [5.74, 6) is 1.97. The number of aliphatic carboxylic acids is 1. The van der Waals surface area contributed by atoms with Crippen LogP contribution in [-0.2, 0) is 14.3 Å². The number of ether oxygens (including phenoxy) is 1. The number of nitrogens with zero attached hydrogens (tertiary/aromatic N) is 1. The van der Waals surface area contributed by atoms with Crippen LogP contribution in [0, 0.1) is 12.3 Å². The van der Waals surface area contributed by atoms with Gasteiger partial charge in [0.25, 0.3) is 0 Å². The van der Waals surface area contributed by atoms with Crippen LogP contribution in [0.3, 0.4) is 0 Å². The second kappa shape index (κ2) is 19.0. The minimum Gasteiger partial charge on any atom is -0.495 e. The average Bonchev–Trinajstić information content (AvgIpc) is 3.42. The molecule has 3 amide bonds. The molecule has 0 radical (unpaired) electrons. The molecule has 40 heavy (non-hydrogen) atoms. The molecule has 1 fully saturated rings. The molecule has 4 N–H and O–H groups in total. The van der Waals surface area contributed by atoms with Crippen molar-refractivity contribution in [1.29, 1.82) is 0 Å². The smallest absolute Gasteiger partial charge is 0.331 e. The van der Waals surface area contributed by atoms with Crippen LogP contribution in [0.25, 0.3) is 0 Å². The van der Waals surface area contributed by atoms with Gasteiger partial charge < -0.3 is 30.7 Å². The van der Waals surface area contributed by atoms with Crippen LogP contribution in [-0.4, -0.2) is 60.7 Å². The van der Waals surface area contributed by atoms with Gasteiger partial charge >= 0.3 is 12.0 Å². The molecule has 1 aliphatic heterocycles. The highest BCUT2D eigenvalue weighted by Gasteiger charge is 2.29. The summed E-state index contributed by atoms with van der Waals surface area (Å²) in [5, 5.41) is 17.8. The van der Waals surface area contributed by atoms with Crippen molar-refractivity contribution in [2.24, 2.45) is 0 Å². The van der Waals surface area contributed by atoms with Gasteiger partial charge in [0.15, 0.2) is 0 Å². The zero-order valence-corrected chi connectivity index (χ0v) is 24.2. The monoisotopic (exact) mass is 552 g/mol. The Labute approximate surface area is 238 Å². The Morgan fingerprint density at radius 3 is 2.55 bits per heavy atom. The molecule has 0 aromatic carbocycles. The summed E-state index contributed by atoms with van der Waals surface area (Å²) in [6.07, 6.45) is 19.5. The highest BCUT2D eigenvalue weighted by molar-refractivity contribution is 5.87. The van der Waals surface area contributed by atoms with E-state index in [1.807, 2.05) is 30.9 Å². The third-order valence-corrected chi connectivity index (χ3v) is 6.30. The molecule has 1 atom stereocenters. The van der Waals surface area contributed by atoms with Crippen LogP contribution >= 0.6 is 0 Å². The molecule has 9 nitrogen and oxygen atoms in total. The van der Waals surface area contributed by atoms with Gasteiger partial charge in [0.2, 0.25) is 5.91 Å². The molecular formula is C31H44N4O5. The molecular weight excluding hydrogens is 508 g/mol. The zero-order valence-electron chi connectivity index (χ0n) is 24.2. The van der Waals surface area contributed by atoms with Gasteiger partial charge in [-0.2, -0.15) is 0 Å². The quantitative estimate of drug-likeness (QED) is 0.160. The first-order valence-electron chi connectivity index (χ1n) is 13.6. The lowest BCUT2D eigenvalue weighted by atomic mass is 10.0. The van der Waals surface area contributed by atoms with E-state index in [4.69, 9.17) is 16.3 Å². The number of carboxylic acid groups (broad SMARTS) is 1. The predicted molar refractivity (Wildman–Crippen MR) is 159 cm³/mol. The number of carboxylic acids is 1. The minimum atomic E-state index is -0.879. The van der Waals surface area contributed by atoms with Gasteiger partial charge in [-0.25, -0.2) is 9.59 Å². The van der Waals surface area contributed by atoms with Gasteiger partial charge in [-0.15, -0.1) is 6.42 Å². The lowest BCUT2D eigenvalue weighted by Crippen LogP contribution is -2.41. The van der Waals surface area contributed by atoms with Crippen LogP contribution in [0.4, 0.5) is 4.79 Å². The molecule has 1 saturated heterocycles. The van der Waals surface area contributed by atoms with Crippen molar-refractivity contribution in [2.45, 2.75) is 65.3 Å². The van der Waals surface area contributed by atoms with Gasteiger partial charge in [0.1, 0.15) is 5.76 Å². The third-order valence-electron chi connectivity index (χ3n) is 6.30. The van der Waals surface area contributed by atoms with E-state index in [0.717, 1.165) is 25.0 Å². The number of amides is 3. The lowest BCUT2D eigenvalue weighted by molar-refractivity contribution is -0.133. The van der Waals surface area contributed by atoms with E-state index in [9.17, 15) is 14.4 Å². The number of hydrogen-bond acceptors (Lipinski definition) is 5. The van der Waals surface area contributed by atoms with Gasteiger partial charge in [0.05, 0.1) is 19.2 Å². The van der Waals surface area contributed by atoms with Crippen molar-refractivity contribution in [1.82, 2.24) is 20.9 Å². The number of carbonyl (C=O) groups is 3. The normalized spacial score (nSPS) is 17.3. The maximum absolute atomic E-state index is 13.1. The van der Waals surface area contributed by atoms with E-state index in [2.05, 4.69) is 28.4 Å². The van der Waals surface area contributed by atoms with E-state index in [1.54, 1.807) is 31.2 Å². The van der Waals surface area contributed by atoms with Gasteiger partial charge in [-0.1, -0.05) is 37.7 Å². The van der Waals surface area contributed by atoms with Crippen LogP contribution in [0.5, 0.6) is 0 Å². The van der Waals surface area contributed by atoms with Crippen molar-refractivity contribution in [3.05, 3.63) is 71.3 Å². The van der Waals surface area contributed by atoms with Gasteiger partial charge in [-0.05, 0) is 69.8 Å². The predicted octanol–water partition coefficient (Wildman–Crippen LogP) is 4.54. The molecule has 2 rings (SSSR count). The number of allylic oxidation sites excluding steroid dienone is 8. The first-order valence-corrected chi connectivity index (χ1v) is 13.6. The lowest BCUT2D eigenvalue weighted by Gasteiger charge is -2.26. The fourth-order valence-corrected chi connectivity index (χ4v) is 4.16. The summed E-state index contributed by atoms with van der Waals surface area (Å²) in [6.45, 7) is 11.3. The van der Waals surface area contributed by atoms with Crippen LogP contribution < -0.4 is 16.0 Å². The first-order chi connectivity index (χ1) is 19.2. The SMILES string of the molecule is C#C/C=C\CC.C=C/C(=C\C(OC)=C(/C)NC(=O)NCC)CC(=O)N1CCCC1CNC1=CC=C(C(=O)O)CC1. The molecule has 0 saturated carbocycles. The number of urea groups is 1. The molecule has 1 aliphatic carbocycles. The van der Waals surface area contributed by atoms with E-state index < -0.39 is 5.97 Å². The standard InChI is InChI=1S/C25H36N4O5.C6H8/c1-5-18(14-22(34-4)17(3)28-25(33)26-6-2)15-23(30)29-13-7-8-21(29)16-27-20-11-9-19(10-12-20)24(31)32;1-3-5-6-4-2/h5,9,11,14,21,27H,1,6-8,10,12-13,15-16H2,2-4H3,(H,31,32)(H2,26,28,33);1,5-6H,4H2,2H3/b18-14+,22-17-;6-5-. The molecule has 1 unspecified atom stereocenters. The maximum Gasteiger partial charge on any atom is 0.331 e. The van der Waals surface area contributed by atoms with E-state index in [1.165, 1.54) is 7.11 Å². The van der Waals surface area contributed by atoms with Crippen LogP contribution in [0.15, 0.2) is 71.3 Å². The fraction of sp³-hybridized carbons (Fsp3) is 0.452. The largest absolute Gasteiger partial charge is 0.495 e. The summed E-state index contributed by atoms with van der Waals surface area (Å²) >= 11 is 0. The topological polar surface area (TPSA) is 120 Å². The summed E-state index contributed by atoms with van der Waals surface area (Å²) in [5.41, 5.74) is 2.62. The number of terminal acetylenes is 1. The number of rotatable bonds is 12. The summed E-state index contributed by atoms with van der Waals surface area (Å²) in [4.78, 5) is 37.8. The fourth-order valence-electron chi connectivity index (χ4n) is 4.16. The molecule has 1 heterocycles. The number of nitrogens with one attached hydrogen (secondary N) is 3. The average molecular weight is 553 g/mol. The number of carbonyl (C=O) groups excluding carboxylic acids is 2. The molecule has 0 aromatic heterocycles.